The fourth-order valence-electron chi connectivity index (χ4n) is 1.43. The zero-order valence-electron chi connectivity index (χ0n) is 8.73. The summed E-state index contributed by atoms with van der Waals surface area (Å²) in [4.78, 5) is 12.3. The molecular formula is C11H12N4. The largest absolute Gasteiger partial charge is 0.368 e. The van der Waals surface area contributed by atoms with Crippen LogP contribution in [0.1, 0.15) is 11.1 Å². The van der Waals surface area contributed by atoms with E-state index < -0.39 is 0 Å². The molecule has 0 saturated carbocycles. The molecule has 0 aliphatic rings. The molecular weight excluding hydrogens is 188 g/mol. The van der Waals surface area contributed by atoms with E-state index in [2.05, 4.69) is 15.0 Å². The highest BCUT2D eigenvalue weighted by atomic mass is 15.0. The van der Waals surface area contributed by atoms with Crippen LogP contribution in [0.5, 0.6) is 0 Å². The maximum Gasteiger partial charge on any atom is 0.220 e. The van der Waals surface area contributed by atoms with Crippen molar-refractivity contribution in [2.75, 3.05) is 5.73 Å². The first-order valence-corrected chi connectivity index (χ1v) is 4.68. The summed E-state index contributed by atoms with van der Waals surface area (Å²) < 4.78 is 0. The number of rotatable bonds is 1. The van der Waals surface area contributed by atoms with E-state index in [1.807, 2.05) is 26.1 Å². The Morgan fingerprint density at radius 3 is 2.67 bits per heavy atom. The SMILES string of the molecule is Cc1cncc(-c2nc(N)ncc2C)c1. The molecule has 2 rings (SSSR count). The monoisotopic (exact) mass is 200 g/mol. The third-order valence-corrected chi connectivity index (χ3v) is 2.14. The van der Waals surface area contributed by atoms with Crippen molar-refractivity contribution >= 4 is 5.95 Å². The van der Waals surface area contributed by atoms with Gasteiger partial charge in [0.05, 0.1) is 5.69 Å². The van der Waals surface area contributed by atoms with Crippen molar-refractivity contribution in [3.8, 4) is 11.3 Å². The normalized spacial score (nSPS) is 10.3. The van der Waals surface area contributed by atoms with E-state index in [9.17, 15) is 0 Å². The fraction of sp³-hybridized carbons (Fsp3) is 0.182. The second-order valence-electron chi connectivity index (χ2n) is 3.51. The average molecular weight is 200 g/mol. The molecule has 0 radical (unpaired) electrons. The Kier molecular flexibility index (Phi) is 2.33. The smallest absolute Gasteiger partial charge is 0.220 e. The highest BCUT2D eigenvalue weighted by Crippen LogP contribution is 2.20. The predicted octanol–water partition coefficient (Wildman–Crippen LogP) is 1.74. The Labute approximate surface area is 88.2 Å². The van der Waals surface area contributed by atoms with E-state index in [0.29, 0.717) is 0 Å². The lowest BCUT2D eigenvalue weighted by atomic mass is 10.1. The third-order valence-electron chi connectivity index (χ3n) is 2.14. The minimum Gasteiger partial charge on any atom is -0.368 e. The number of anilines is 1. The van der Waals surface area contributed by atoms with Gasteiger partial charge in [-0.2, -0.15) is 0 Å². The summed E-state index contributed by atoms with van der Waals surface area (Å²) in [5.41, 5.74) is 9.48. The Hall–Kier alpha value is -1.97. The molecule has 76 valence electrons. The van der Waals surface area contributed by atoms with Gasteiger partial charge in [-0.1, -0.05) is 0 Å². The Morgan fingerprint density at radius 1 is 1.13 bits per heavy atom. The molecule has 4 nitrogen and oxygen atoms in total. The molecule has 0 aromatic carbocycles. The maximum absolute atomic E-state index is 5.56. The van der Waals surface area contributed by atoms with Crippen molar-refractivity contribution in [3.63, 3.8) is 0 Å². The van der Waals surface area contributed by atoms with Crippen LogP contribution in [0.3, 0.4) is 0 Å². The number of nitrogens with two attached hydrogens (primary N) is 1. The van der Waals surface area contributed by atoms with Gasteiger partial charge < -0.3 is 5.73 Å². The van der Waals surface area contributed by atoms with Gasteiger partial charge in [-0.3, -0.25) is 4.98 Å². The Balaban J connectivity index is 2.58. The van der Waals surface area contributed by atoms with Crippen molar-refractivity contribution in [1.82, 2.24) is 15.0 Å². The fourth-order valence-corrected chi connectivity index (χ4v) is 1.43. The summed E-state index contributed by atoms with van der Waals surface area (Å²) in [6.45, 7) is 3.95. The molecule has 0 amide bonds. The summed E-state index contributed by atoms with van der Waals surface area (Å²) in [7, 11) is 0. The van der Waals surface area contributed by atoms with E-state index in [0.717, 1.165) is 22.4 Å². The molecule has 2 aromatic rings. The highest BCUT2D eigenvalue weighted by molar-refractivity contribution is 5.62. The summed E-state index contributed by atoms with van der Waals surface area (Å²) in [6.07, 6.45) is 5.31. The first kappa shape index (κ1) is 9.58. The molecule has 4 heteroatoms. The minimum absolute atomic E-state index is 0.289. The van der Waals surface area contributed by atoms with Crippen LogP contribution in [-0.2, 0) is 0 Å². The van der Waals surface area contributed by atoms with Crippen LogP contribution >= 0.6 is 0 Å². The first-order chi connectivity index (χ1) is 7.16. The molecule has 2 N–H and O–H groups in total. The lowest BCUT2D eigenvalue weighted by Gasteiger charge is -2.05. The zero-order valence-corrected chi connectivity index (χ0v) is 8.73. The van der Waals surface area contributed by atoms with E-state index in [-0.39, 0.29) is 5.95 Å². The molecule has 15 heavy (non-hydrogen) atoms. The van der Waals surface area contributed by atoms with Crippen LogP contribution in [0.2, 0.25) is 0 Å². The van der Waals surface area contributed by atoms with Crippen LogP contribution in [-0.4, -0.2) is 15.0 Å². The van der Waals surface area contributed by atoms with Crippen LogP contribution in [0.4, 0.5) is 5.95 Å². The summed E-state index contributed by atoms with van der Waals surface area (Å²) in [5.74, 6) is 0.289. The molecule has 0 aliphatic heterocycles. The second-order valence-corrected chi connectivity index (χ2v) is 3.51. The zero-order chi connectivity index (χ0) is 10.8. The van der Waals surface area contributed by atoms with E-state index in [1.165, 1.54) is 0 Å². The van der Waals surface area contributed by atoms with Crippen LogP contribution in [0.25, 0.3) is 11.3 Å². The summed E-state index contributed by atoms with van der Waals surface area (Å²) in [6, 6.07) is 2.03. The molecule has 0 atom stereocenters. The lowest BCUT2D eigenvalue weighted by Crippen LogP contribution is -1.98. The number of hydrogen-bond donors (Lipinski definition) is 1. The Morgan fingerprint density at radius 2 is 1.93 bits per heavy atom. The predicted molar refractivity (Wildman–Crippen MR) is 59.1 cm³/mol. The quantitative estimate of drug-likeness (QED) is 0.761. The van der Waals surface area contributed by atoms with Crippen LogP contribution < -0.4 is 5.73 Å². The van der Waals surface area contributed by atoms with Gasteiger partial charge >= 0.3 is 0 Å². The molecule has 0 bridgehead atoms. The number of aromatic nitrogens is 3. The van der Waals surface area contributed by atoms with Crippen LogP contribution in [0, 0.1) is 13.8 Å². The van der Waals surface area contributed by atoms with E-state index >= 15 is 0 Å². The van der Waals surface area contributed by atoms with Crippen LogP contribution in [0.15, 0.2) is 24.7 Å². The minimum atomic E-state index is 0.289. The summed E-state index contributed by atoms with van der Waals surface area (Å²) in [5, 5.41) is 0. The third kappa shape index (κ3) is 1.93. The van der Waals surface area contributed by atoms with Gasteiger partial charge in [0.2, 0.25) is 5.95 Å². The number of hydrogen-bond acceptors (Lipinski definition) is 4. The number of nitrogen functional groups attached to an aromatic ring is 1. The number of aryl methyl sites for hydroxylation is 2. The molecule has 0 aliphatic carbocycles. The molecule has 0 spiro atoms. The van der Waals surface area contributed by atoms with Gasteiger partial charge in [-0.15, -0.1) is 0 Å². The topological polar surface area (TPSA) is 64.7 Å². The van der Waals surface area contributed by atoms with Gasteiger partial charge in [0.25, 0.3) is 0 Å². The highest BCUT2D eigenvalue weighted by Gasteiger charge is 2.05. The second kappa shape index (κ2) is 3.65. The van der Waals surface area contributed by atoms with Gasteiger partial charge in [0.1, 0.15) is 0 Å². The van der Waals surface area contributed by atoms with Crippen molar-refractivity contribution < 1.29 is 0 Å². The number of nitrogens with zero attached hydrogens (tertiary/aromatic N) is 3. The lowest BCUT2D eigenvalue weighted by molar-refractivity contribution is 1.14. The molecule has 2 heterocycles. The first-order valence-electron chi connectivity index (χ1n) is 4.68. The van der Waals surface area contributed by atoms with Gasteiger partial charge in [0.15, 0.2) is 0 Å². The van der Waals surface area contributed by atoms with Crippen molar-refractivity contribution in [2.24, 2.45) is 0 Å². The molecule has 0 fully saturated rings. The maximum atomic E-state index is 5.56. The van der Waals surface area contributed by atoms with E-state index in [4.69, 9.17) is 5.73 Å². The molecule has 2 aromatic heterocycles. The van der Waals surface area contributed by atoms with E-state index in [1.54, 1.807) is 12.4 Å². The van der Waals surface area contributed by atoms with Gasteiger partial charge in [-0.05, 0) is 31.0 Å². The van der Waals surface area contributed by atoms with Crippen molar-refractivity contribution in [1.29, 1.82) is 0 Å². The number of pyridine rings is 1. The molecule has 0 unspecified atom stereocenters. The Bertz CT molecular complexity index is 494. The van der Waals surface area contributed by atoms with Crippen molar-refractivity contribution in [3.05, 3.63) is 35.8 Å². The van der Waals surface area contributed by atoms with Gasteiger partial charge in [-0.25, -0.2) is 9.97 Å². The average Bonchev–Trinajstić information content (AvgIpc) is 2.22. The molecule has 0 saturated heterocycles. The van der Waals surface area contributed by atoms with Crippen molar-refractivity contribution in [2.45, 2.75) is 13.8 Å². The van der Waals surface area contributed by atoms with Gasteiger partial charge in [0, 0.05) is 24.2 Å². The standard InChI is InChI=1S/C11H12N4/c1-7-3-9(6-13-4-7)10-8(2)5-14-11(12)15-10/h3-6H,1-2H3,(H2,12,14,15). The summed E-state index contributed by atoms with van der Waals surface area (Å²) >= 11 is 0.